The van der Waals surface area contributed by atoms with E-state index in [0.717, 1.165) is 51.4 Å². The number of aliphatic hydroxyl groups is 1. The number of hydrogen-bond acceptors (Lipinski definition) is 15. The van der Waals surface area contributed by atoms with Crippen molar-refractivity contribution < 1.29 is 71.7 Å². The van der Waals surface area contributed by atoms with E-state index in [0.29, 0.717) is 65.5 Å². The predicted octanol–water partition coefficient (Wildman–Crippen LogP) is 12.7. The number of hydrogen-bond donors (Lipinski definition) is 1. The highest BCUT2D eigenvalue weighted by Crippen LogP contribution is 2.68. The number of carbonyl (C=O) groups is 5. The van der Waals surface area contributed by atoms with Gasteiger partial charge in [0.1, 0.15) is 36.5 Å². The molecule has 4 saturated carbocycles. The lowest BCUT2D eigenvalue weighted by atomic mass is 9.44. The largest absolute Gasteiger partial charge is 0.459 e. The topological polar surface area (TPSA) is 189 Å². The molecule has 7 fully saturated rings. The standard InChI is InChI=1S/C72H98O15/c1-12-58-42(4)41(3)43(5)68(83-58)87-63-46(8)61(75)59(39-79-65(76)48-22-16-13-17-23-48)84-70(63)82-52-32-34-71(10)51(36-52)29-30-53-54(71)33-35-72(11)55(53)37-57(74)60(72)45(7)56(73)31-28-40(2)38-80-69-64(86-67(78)50-26-20-15-21-27-50)62(44(6)47(9)81-69)85-66(77)49-24-18-14-19-25-49/h13-27,40-47,51-55,58-64,68-70,75H,12,28-39H2,1-11H3/t40-,41-,42-,43?,44-,45+,46-,47?,51?,52?,53?,54?,55?,58?,59?,60?,61+,62-,63?,64?,68-,69+,70+,71?,72?/m0/s1. The van der Waals surface area contributed by atoms with Crippen molar-refractivity contribution in [1.82, 2.24) is 0 Å². The molecule has 0 aromatic heterocycles. The number of fused-ring (bicyclic) bond motifs is 5. The zero-order valence-corrected chi connectivity index (χ0v) is 53.3. The molecule has 0 bridgehead atoms. The molecule has 3 saturated heterocycles. The van der Waals surface area contributed by atoms with Crippen LogP contribution in [0.5, 0.6) is 0 Å². The van der Waals surface area contributed by atoms with Gasteiger partial charge < -0.3 is 47.7 Å². The Bertz CT molecular complexity index is 2810. The molecule has 1 N–H and O–H groups in total. The van der Waals surface area contributed by atoms with E-state index in [9.17, 15) is 29.1 Å². The predicted molar refractivity (Wildman–Crippen MR) is 326 cm³/mol. The van der Waals surface area contributed by atoms with Gasteiger partial charge in [0.2, 0.25) is 0 Å². The van der Waals surface area contributed by atoms with Crippen LogP contribution in [0, 0.1) is 81.8 Å². The van der Waals surface area contributed by atoms with Gasteiger partial charge in [-0.25, -0.2) is 14.4 Å². The van der Waals surface area contributed by atoms with Crippen molar-refractivity contribution in [3.05, 3.63) is 108 Å². The minimum absolute atomic E-state index is 0.0395. The molecule has 15 heteroatoms. The SMILES string of the molecule is CCC1O[C@@H](OC2[C@H](OC3CCC4(C)C(CCC5C4CCC4(C)C5CC(=O)C4[C@H](C)C(=O)CC[C@H](C)CO[C@@H]4OC(C)[C@H](C)[C@H](OC(=O)c5ccccc5)C4OC(=O)c4ccccc4)C3)OC(COC(=O)c3ccccc3)[C@H](O)[C@@H]2C)C(C)[C@@H](C)[C@@H]1C. The van der Waals surface area contributed by atoms with Crippen molar-refractivity contribution in [1.29, 1.82) is 0 Å². The van der Waals surface area contributed by atoms with Gasteiger partial charge in [-0.2, -0.15) is 0 Å². The van der Waals surface area contributed by atoms with E-state index in [2.05, 4.69) is 41.5 Å². The zero-order valence-electron chi connectivity index (χ0n) is 53.3. The molecule has 4 aliphatic carbocycles. The van der Waals surface area contributed by atoms with Crippen molar-refractivity contribution in [2.45, 2.75) is 214 Å². The van der Waals surface area contributed by atoms with Crippen LogP contribution in [0.2, 0.25) is 0 Å². The fourth-order valence-corrected chi connectivity index (χ4v) is 17.1. The quantitative estimate of drug-likeness (QED) is 0.0638. The second-order valence-electron chi connectivity index (χ2n) is 28.1. The van der Waals surface area contributed by atoms with Gasteiger partial charge >= 0.3 is 17.9 Å². The molecular formula is C72H98O15. The second kappa shape index (κ2) is 27.7. The Labute approximate surface area is 516 Å². The Morgan fingerprint density at radius 3 is 1.85 bits per heavy atom. The summed E-state index contributed by atoms with van der Waals surface area (Å²) >= 11 is 0. The minimum atomic E-state index is -1.07. The summed E-state index contributed by atoms with van der Waals surface area (Å²) < 4.78 is 58.3. The fourth-order valence-electron chi connectivity index (χ4n) is 17.1. The van der Waals surface area contributed by atoms with E-state index in [-0.39, 0.29) is 77.4 Å². The molecule has 14 unspecified atom stereocenters. The zero-order chi connectivity index (χ0) is 62.1. The highest BCUT2D eigenvalue weighted by Gasteiger charge is 2.64. The van der Waals surface area contributed by atoms with E-state index < -0.39 is 85.2 Å². The molecule has 476 valence electrons. The van der Waals surface area contributed by atoms with Crippen molar-refractivity contribution in [2.75, 3.05) is 13.2 Å². The third-order valence-electron chi connectivity index (χ3n) is 23.1. The first-order valence-corrected chi connectivity index (χ1v) is 33.0. The average Bonchev–Trinajstić information content (AvgIpc) is 1.70. The molecule has 3 aromatic carbocycles. The number of carbonyl (C=O) groups excluding carboxylic acids is 5. The monoisotopic (exact) mass is 1200 g/mol. The summed E-state index contributed by atoms with van der Waals surface area (Å²) in [7, 11) is 0. The van der Waals surface area contributed by atoms with Gasteiger partial charge in [-0.1, -0.05) is 124 Å². The molecule has 87 heavy (non-hydrogen) atoms. The highest BCUT2D eigenvalue weighted by atomic mass is 16.7. The average molecular weight is 1200 g/mol. The van der Waals surface area contributed by atoms with Crippen LogP contribution < -0.4 is 0 Å². The lowest BCUT2D eigenvalue weighted by molar-refractivity contribution is -0.353. The van der Waals surface area contributed by atoms with E-state index >= 15 is 0 Å². The van der Waals surface area contributed by atoms with Crippen LogP contribution in [0.3, 0.4) is 0 Å². The van der Waals surface area contributed by atoms with Crippen LogP contribution in [0.15, 0.2) is 91.0 Å². The van der Waals surface area contributed by atoms with Crippen LogP contribution in [0.1, 0.15) is 178 Å². The van der Waals surface area contributed by atoms with E-state index in [1.165, 1.54) is 0 Å². The number of aliphatic hydroxyl groups excluding tert-OH is 1. The second-order valence-corrected chi connectivity index (χ2v) is 28.1. The molecule has 3 aliphatic heterocycles. The molecule has 0 amide bonds. The molecule has 3 aromatic rings. The summed E-state index contributed by atoms with van der Waals surface area (Å²) in [6, 6.07) is 26.2. The number of rotatable bonds is 20. The molecule has 15 nitrogen and oxygen atoms in total. The van der Waals surface area contributed by atoms with Crippen molar-refractivity contribution in [3.8, 4) is 0 Å². The number of esters is 3. The molecule has 0 spiro atoms. The Balaban J connectivity index is 0.757. The first kappa shape index (κ1) is 65.1. The fraction of sp³-hybridized carbons (Fsp3) is 0.681. The van der Waals surface area contributed by atoms with Gasteiger partial charge in [0.05, 0.1) is 47.7 Å². The van der Waals surface area contributed by atoms with Gasteiger partial charge in [-0.05, 0) is 153 Å². The summed E-state index contributed by atoms with van der Waals surface area (Å²) in [6.07, 6.45) is 1.55. The Kier molecular flexibility index (Phi) is 20.7. The first-order valence-electron chi connectivity index (χ1n) is 33.0. The Morgan fingerprint density at radius 2 is 1.22 bits per heavy atom. The Hall–Kier alpha value is -4.87. The summed E-state index contributed by atoms with van der Waals surface area (Å²) in [5, 5.41) is 11.8. The first-order chi connectivity index (χ1) is 41.6. The van der Waals surface area contributed by atoms with Crippen molar-refractivity contribution in [3.63, 3.8) is 0 Å². The molecule has 25 atom stereocenters. The maximum absolute atomic E-state index is 14.5. The van der Waals surface area contributed by atoms with Gasteiger partial charge in [0.15, 0.2) is 25.0 Å². The smallest absolute Gasteiger partial charge is 0.338 e. The maximum atomic E-state index is 14.5. The van der Waals surface area contributed by atoms with Crippen LogP contribution in [-0.2, 0) is 52.2 Å². The van der Waals surface area contributed by atoms with E-state index in [4.69, 9.17) is 42.6 Å². The summed E-state index contributed by atoms with van der Waals surface area (Å²) in [5.41, 5.74) is 0.913. The lowest BCUT2D eigenvalue weighted by Crippen LogP contribution is -2.60. The molecule has 10 rings (SSSR count). The summed E-state index contributed by atoms with van der Waals surface area (Å²) in [6.45, 7) is 23.4. The lowest BCUT2D eigenvalue weighted by Gasteiger charge is -2.61. The van der Waals surface area contributed by atoms with Crippen LogP contribution in [0.25, 0.3) is 0 Å². The van der Waals surface area contributed by atoms with Crippen LogP contribution in [0.4, 0.5) is 0 Å². The number of ketones is 2. The number of ether oxygens (including phenoxy) is 9. The minimum Gasteiger partial charge on any atom is -0.459 e. The van der Waals surface area contributed by atoms with E-state index in [1.807, 2.05) is 52.8 Å². The highest BCUT2D eigenvalue weighted by molar-refractivity contribution is 5.92. The third kappa shape index (κ3) is 13.6. The van der Waals surface area contributed by atoms with E-state index in [1.54, 1.807) is 72.8 Å². The summed E-state index contributed by atoms with van der Waals surface area (Å²) in [4.78, 5) is 69.1. The molecule has 3 heterocycles. The normalized spacial score (nSPS) is 39.9. The number of benzene rings is 3. The van der Waals surface area contributed by atoms with Crippen LogP contribution >= 0.6 is 0 Å². The van der Waals surface area contributed by atoms with Gasteiger partial charge in [0.25, 0.3) is 0 Å². The molecule has 0 radical (unpaired) electrons. The van der Waals surface area contributed by atoms with Gasteiger partial charge in [-0.3, -0.25) is 9.59 Å². The van der Waals surface area contributed by atoms with Crippen molar-refractivity contribution >= 4 is 29.5 Å². The molecule has 7 aliphatic rings. The third-order valence-corrected chi connectivity index (χ3v) is 23.1. The van der Waals surface area contributed by atoms with Crippen LogP contribution in [-0.4, -0.2) is 115 Å². The number of Topliss-reactive ketones (excluding diaryl/α,β-unsaturated/α-hetero) is 2. The summed E-state index contributed by atoms with van der Waals surface area (Å²) in [5.74, 6) is -0.678. The van der Waals surface area contributed by atoms with Gasteiger partial charge in [-0.15, -0.1) is 0 Å². The molecular weight excluding hydrogens is 1100 g/mol. The van der Waals surface area contributed by atoms with Gasteiger partial charge in [0, 0.05) is 42.4 Å². The maximum Gasteiger partial charge on any atom is 0.338 e. The Morgan fingerprint density at radius 1 is 0.621 bits per heavy atom. The van der Waals surface area contributed by atoms with Crippen molar-refractivity contribution in [2.24, 2.45) is 81.8 Å².